The molecule has 0 saturated carbocycles. The molecule has 0 aliphatic carbocycles. The first-order chi connectivity index (χ1) is 7.17. The van der Waals surface area contributed by atoms with Crippen molar-refractivity contribution in [2.45, 2.75) is 6.61 Å². The van der Waals surface area contributed by atoms with E-state index in [2.05, 4.69) is 21.2 Å². The lowest BCUT2D eigenvalue weighted by Crippen LogP contribution is -2.25. The molecule has 82 valence electrons. The van der Waals surface area contributed by atoms with Crippen LogP contribution in [-0.2, 0) is 11.4 Å². The van der Waals surface area contributed by atoms with E-state index in [4.69, 9.17) is 9.84 Å². The van der Waals surface area contributed by atoms with Gasteiger partial charge in [-0.1, -0.05) is 15.9 Å². The Kier molecular flexibility index (Phi) is 4.58. The molecule has 0 aliphatic rings. The number of ether oxygens (including phenoxy) is 1. The Bertz CT molecular complexity index is 355. The largest absolute Gasteiger partial charge is 0.483 e. The van der Waals surface area contributed by atoms with Crippen LogP contribution in [0, 0.1) is 0 Å². The average molecular weight is 274 g/mol. The summed E-state index contributed by atoms with van der Waals surface area (Å²) in [6, 6.07) is 5.25. The summed E-state index contributed by atoms with van der Waals surface area (Å²) in [5, 5.41) is 11.5. The summed E-state index contributed by atoms with van der Waals surface area (Å²) >= 11 is 3.28. The molecule has 0 aromatic heterocycles. The summed E-state index contributed by atoms with van der Waals surface area (Å²) in [6.45, 7) is -0.173. The van der Waals surface area contributed by atoms with Crippen molar-refractivity contribution in [2.75, 3.05) is 13.7 Å². The van der Waals surface area contributed by atoms with Gasteiger partial charge in [0.05, 0.1) is 6.61 Å². The number of rotatable bonds is 4. The molecule has 2 N–H and O–H groups in total. The van der Waals surface area contributed by atoms with Crippen LogP contribution < -0.4 is 10.1 Å². The van der Waals surface area contributed by atoms with Gasteiger partial charge in [0, 0.05) is 17.1 Å². The maximum absolute atomic E-state index is 10.9. The van der Waals surface area contributed by atoms with E-state index in [9.17, 15) is 4.79 Å². The van der Waals surface area contributed by atoms with Crippen molar-refractivity contribution in [3.05, 3.63) is 28.2 Å². The Morgan fingerprint density at radius 1 is 1.60 bits per heavy atom. The van der Waals surface area contributed by atoms with Crippen LogP contribution in [0.15, 0.2) is 22.7 Å². The molecular weight excluding hydrogens is 262 g/mol. The minimum atomic E-state index is -0.207. The third-order valence-corrected chi connectivity index (χ3v) is 2.32. The van der Waals surface area contributed by atoms with Gasteiger partial charge in [0.15, 0.2) is 6.61 Å². The van der Waals surface area contributed by atoms with Crippen molar-refractivity contribution in [2.24, 2.45) is 0 Å². The van der Waals surface area contributed by atoms with Gasteiger partial charge in [-0.3, -0.25) is 4.79 Å². The van der Waals surface area contributed by atoms with E-state index < -0.39 is 0 Å². The fourth-order valence-electron chi connectivity index (χ4n) is 1.03. The summed E-state index contributed by atoms with van der Waals surface area (Å²) in [4.78, 5) is 10.9. The van der Waals surface area contributed by atoms with Gasteiger partial charge >= 0.3 is 0 Å². The Morgan fingerprint density at radius 2 is 2.33 bits per heavy atom. The van der Waals surface area contributed by atoms with Crippen LogP contribution in [0.2, 0.25) is 0 Å². The second-order valence-electron chi connectivity index (χ2n) is 2.87. The maximum atomic E-state index is 10.9. The fourth-order valence-corrected chi connectivity index (χ4v) is 1.44. The van der Waals surface area contributed by atoms with Crippen molar-refractivity contribution in [1.82, 2.24) is 5.32 Å². The first kappa shape index (κ1) is 12.0. The first-order valence-electron chi connectivity index (χ1n) is 4.40. The molecule has 0 saturated heterocycles. The van der Waals surface area contributed by atoms with E-state index in [1.165, 1.54) is 0 Å². The van der Waals surface area contributed by atoms with Crippen molar-refractivity contribution < 1.29 is 14.6 Å². The SMILES string of the molecule is CNC(=O)COc1ccc(Br)cc1CO. The van der Waals surface area contributed by atoms with Gasteiger partial charge in [0.25, 0.3) is 5.91 Å². The minimum absolute atomic E-state index is 0.0505. The highest BCUT2D eigenvalue weighted by Gasteiger charge is 2.05. The standard InChI is InChI=1S/C10H12BrNO3/c1-12-10(14)6-15-9-3-2-8(11)4-7(9)5-13/h2-4,13H,5-6H2,1H3,(H,12,14). The third-order valence-electron chi connectivity index (χ3n) is 1.83. The Labute approximate surface area is 96.4 Å². The second kappa shape index (κ2) is 5.72. The van der Waals surface area contributed by atoms with Gasteiger partial charge < -0.3 is 15.2 Å². The van der Waals surface area contributed by atoms with Crippen LogP contribution >= 0.6 is 15.9 Å². The zero-order valence-electron chi connectivity index (χ0n) is 8.29. The van der Waals surface area contributed by atoms with Crippen LogP contribution in [0.1, 0.15) is 5.56 Å². The van der Waals surface area contributed by atoms with E-state index in [0.29, 0.717) is 11.3 Å². The van der Waals surface area contributed by atoms with Gasteiger partial charge in [-0.15, -0.1) is 0 Å². The van der Waals surface area contributed by atoms with Crippen LogP contribution in [0.4, 0.5) is 0 Å². The minimum Gasteiger partial charge on any atom is -0.483 e. The Balaban J connectivity index is 2.72. The lowest BCUT2D eigenvalue weighted by molar-refractivity contribution is -0.122. The van der Waals surface area contributed by atoms with Gasteiger partial charge in [-0.2, -0.15) is 0 Å². The predicted molar refractivity (Wildman–Crippen MR) is 59.6 cm³/mol. The Morgan fingerprint density at radius 3 is 2.93 bits per heavy atom. The van der Waals surface area contributed by atoms with Crippen LogP contribution in [0.25, 0.3) is 0 Å². The molecule has 15 heavy (non-hydrogen) atoms. The molecule has 1 aromatic carbocycles. The second-order valence-corrected chi connectivity index (χ2v) is 3.79. The van der Waals surface area contributed by atoms with Crippen molar-refractivity contribution in [3.63, 3.8) is 0 Å². The van der Waals surface area contributed by atoms with Crippen LogP contribution in [-0.4, -0.2) is 24.7 Å². The molecule has 1 aromatic rings. The van der Waals surface area contributed by atoms with E-state index in [-0.39, 0.29) is 19.1 Å². The molecule has 0 radical (unpaired) electrons. The lowest BCUT2D eigenvalue weighted by Gasteiger charge is -2.09. The number of nitrogens with one attached hydrogen (secondary N) is 1. The molecule has 0 unspecified atom stereocenters. The van der Waals surface area contributed by atoms with E-state index >= 15 is 0 Å². The molecule has 1 amide bonds. The molecular formula is C10H12BrNO3. The number of carbonyl (C=O) groups excluding carboxylic acids is 1. The van der Waals surface area contributed by atoms with Gasteiger partial charge in [0.2, 0.25) is 0 Å². The maximum Gasteiger partial charge on any atom is 0.257 e. The van der Waals surface area contributed by atoms with Gasteiger partial charge in [-0.05, 0) is 18.2 Å². The highest BCUT2D eigenvalue weighted by atomic mass is 79.9. The summed E-state index contributed by atoms with van der Waals surface area (Å²) in [5.74, 6) is 0.311. The molecule has 0 atom stereocenters. The predicted octanol–water partition coefficient (Wildman–Crippen LogP) is 1.07. The summed E-state index contributed by atoms with van der Waals surface area (Å²) in [5.41, 5.74) is 0.647. The highest BCUT2D eigenvalue weighted by molar-refractivity contribution is 9.10. The normalized spacial score (nSPS) is 9.80. The summed E-state index contributed by atoms with van der Waals surface area (Å²) in [6.07, 6.45) is 0. The van der Waals surface area contributed by atoms with Crippen LogP contribution in [0.5, 0.6) is 5.75 Å². The van der Waals surface area contributed by atoms with E-state index in [0.717, 1.165) is 4.47 Å². The zero-order valence-corrected chi connectivity index (χ0v) is 9.87. The number of likely N-dealkylation sites (N-methyl/N-ethyl adjacent to an activating group) is 1. The number of hydrogen-bond acceptors (Lipinski definition) is 3. The number of aliphatic hydroxyl groups excluding tert-OH is 1. The molecule has 0 aliphatic heterocycles. The summed E-state index contributed by atoms with van der Waals surface area (Å²) in [7, 11) is 1.54. The van der Waals surface area contributed by atoms with E-state index in [1.54, 1.807) is 25.2 Å². The van der Waals surface area contributed by atoms with Gasteiger partial charge in [-0.25, -0.2) is 0 Å². The quantitative estimate of drug-likeness (QED) is 0.863. The van der Waals surface area contributed by atoms with Crippen molar-refractivity contribution >= 4 is 21.8 Å². The fraction of sp³-hybridized carbons (Fsp3) is 0.300. The van der Waals surface area contributed by atoms with E-state index in [1.807, 2.05) is 0 Å². The van der Waals surface area contributed by atoms with Crippen LogP contribution in [0.3, 0.4) is 0 Å². The zero-order chi connectivity index (χ0) is 11.3. The number of benzene rings is 1. The topological polar surface area (TPSA) is 58.6 Å². The number of aliphatic hydroxyl groups is 1. The number of hydrogen-bond donors (Lipinski definition) is 2. The molecule has 5 heteroatoms. The van der Waals surface area contributed by atoms with Crippen molar-refractivity contribution in [3.8, 4) is 5.75 Å². The average Bonchev–Trinajstić information content (AvgIpc) is 2.26. The smallest absolute Gasteiger partial charge is 0.257 e. The molecule has 4 nitrogen and oxygen atoms in total. The summed E-state index contributed by atoms with van der Waals surface area (Å²) < 4.78 is 6.10. The lowest BCUT2D eigenvalue weighted by atomic mass is 10.2. The molecule has 0 spiro atoms. The third kappa shape index (κ3) is 3.53. The number of halogens is 1. The van der Waals surface area contributed by atoms with Crippen molar-refractivity contribution in [1.29, 1.82) is 0 Å². The molecule has 1 rings (SSSR count). The number of amides is 1. The first-order valence-corrected chi connectivity index (χ1v) is 5.19. The molecule has 0 heterocycles. The molecule has 0 fully saturated rings. The Hall–Kier alpha value is -1.07. The number of carbonyl (C=O) groups is 1. The van der Waals surface area contributed by atoms with Gasteiger partial charge in [0.1, 0.15) is 5.75 Å². The molecule has 0 bridgehead atoms. The monoisotopic (exact) mass is 273 g/mol. The highest BCUT2D eigenvalue weighted by Crippen LogP contribution is 2.23.